The zero-order valence-corrected chi connectivity index (χ0v) is 13.7. The van der Waals surface area contributed by atoms with E-state index in [1.807, 2.05) is 31.2 Å². The van der Waals surface area contributed by atoms with Gasteiger partial charge in [-0.25, -0.2) is 0 Å². The lowest BCUT2D eigenvalue weighted by Gasteiger charge is -2.05. The molecule has 0 atom stereocenters. The Morgan fingerprint density at radius 3 is 2.29 bits per heavy atom. The molecule has 0 radical (unpaired) electrons. The van der Waals surface area contributed by atoms with Gasteiger partial charge in [0.05, 0.1) is 7.11 Å². The van der Waals surface area contributed by atoms with Gasteiger partial charge in [-0.05, 0) is 55.0 Å². The lowest BCUT2D eigenvalue weighted by Crippen LogP contribution is -2.22. The molecule has 0 fully saturated rings. The van der Waals surface area contributed by atoms with Crippen LogP contribution < -0.4 is 15.4 Å². The Morgan fingerprint density at radius 2 is 1.71 bits per heavy atom. The minimum Gasteiger partial charge on any atom is -0.497 e. The molecule has 2 aromatic carbocycles. The first-order chi connectivity index (χ1) is 11.6. The summed E-state index contributed by atoms with van der Waals surface area (Å²) in [6.45, 7) is 2.44. The van der Waals surface area contributed by atoms with Crippen LogP contribution in [0.2, 0.25) is 0 Å². The molecule has 0 unspecified atom stereocenters. The van der Waals surface area contributed by atoms with Gasteiger partial charge in [-0.15, -0.1) is 0 Å². The van der Waals surface area contributed by atoms with Crippen LogP contribution in [0.1, 0.15) is 22.8 Å². The minimum absolute atomic E-state index is 0.130. The van der Waals surface area contributed by atoms with Crippen LogP contribution in [0.5, 0.6) is 5.75 Å². The second-order valence-electron chi connectivity index (χ2n) is 5.03. The number of hydrogen-bond acceptors (Lipinski definition) is 3. The molecule has 2 amide bonds. The van der Waals surface area contributed by atoms with Crippen LogP contribution in [0, 0.1) is 0 Å². The summed E-state index contributed by atoms with van der Waals surface area (Å²) in [5, 5.41) is 5.47. The van der Waals surface area contributed by atoms with Crippen LogP contribution in [0.25, 0.3) is 6.08 Å². The second kappa shape index (κ2) is 8.53. The Labute approximate surface area is 141 Å². The van der Waals surface area contributed by atoms with Crippen molar-refractivity contribution in [2.45, 2.75) is 6.92 Å². The third-order valence-electron chi connectivity index (χ3n) is 3.29. The largest absolute Gasteiger partial charge is 0.497 e. The summed E-state index contributed by atoms with van der Waals surface area (Å²) in [7, 11) is 1.61. The maximum atomic E-state index is 11.9. The van der Waals surface area contributed by atoms with Gasteiger partial charge >= 0.3 is 0 Å². The van der Waals surface area contributed by atoms with Crippen molar-refractivity contribution >= 4 is 23.6 Å². The van der Waals surface area contributed by atoms with Crippen molar-refractivity contribution < 1.29 is 14.3 Å². The highest BCUT2D eigenvalue weighted by Gasteiger charge is 2.04. The molecule has 0 aromatic heterocycles. The molecule has 124 valence electrons. The molecule has 0 aliphatic rings. The van der Waals surface area contributed by atoms with E-state index in [4.69, 9.17) is 4.74 Å². The smallest absolute Gasteiger partial charge is 0.251 e. The van der Waals surface area contributed by atoms with E-state index in [0.29, 0.717) is 17.8 Å². The third-order valence-corrected chi connectivity index (χ3v) is 3.29. The van der Waals surface area contributed by atoms with Gasteiger partial charge in [-0.3, -0.25) is 9.59 Å². The first-order valence-corrected chi connectivity index (χ1v) is 7.63. The predicted octanol–water partition coefficient (Wildman–Crippen LogP) is 3.10. The number of methoxy groups -OCH3 is 1. The molecule has 0 saturated heterocycles. The number of anilines is 1. The van der Waals surface area contributed by atoms with E-state index < -0.39 is 0 Å². The summed E-state index contributed by atoms with van der Waals surface area (Å²) in [5.41, 5.74) is 2.09. The Morgan fingerprint density at radius 1 is 1.04 bits per heavy atom. The fourth-order valence-corrected chi connectivity index (χ4v) is 2.04. The first kappa shape index (κ1) is 17.3. The quantitative estimate of drug-likeness (QED) is 0.802. The monoisotopic (exact) mass is 324 g/mol. The van der Waals surface area contributed by atoms with Crippen LogP contribution in [0.4, 0.5) is 5.69 Å². The Bertz CT molecular complexity index is 719. The van der Waals surface area contributed by atoms with Gasteiger partial charge in [0.15, 0.2) is 0 Å². The van der Waals surface area contributed by atoms with Gasteiger partial charge in [0.1, 0.15) is 5.75 Å². The summed E-state index contributed by atoms with van der Waals surface area (Å²) in [6, 6.07) is 14.1. The number of hydrogen-bond donors (Lipinski definition) is 2. The average Bonchev–Trinajstić information content (AvgIpc) is 2.61. The highest BCUT2D eigenvalue weighted by atomic mass is 16.5. The summed E-state index contributed by atoms with van der Waals surface area (Å²) in [4.78, 5) is 23.6. The zero-order chi connectivity index (χ0) is 17.4. The SMILES string of the molecule is CCNC(=O)c1ccc(NC(=O)/C=C/c2ccc(OC)cc2)cc1. The first-order valence-electron chi connectivity index (χ1n) is 7.63. The lowest BCUT2D eigenvalue weighted by molar-refractivity contribution is -0.111. The van der Waals surface area contributed by atoms with Gasteiger partial charge in [0.25, 0.3) is 5.91 Å². The highest BCUT2D eigenvalue weighted by Crippen LogP contribution is 2.13. The number of nitrogens with one attached hydrogen (secondary N) is 2. The van der Waals surface area contributed by atoms with E-state index in [1.54, 1.807) is 37.5 Å². The van der Waals surface area contributed by atoms with Crippen molar-refractivity contribution in [1.29, 1.82) is 0 Å². The predicted molar refractivity (Wildman–Crippen MR) is 95.1 cm³/mol. The minimum atomic E-state index is -0.239. The molecule has 24 heavy (non-hydrogen) atoms. The van der Waals surface area contributed by atoms with Crippen LogP contribution in [-0.4, -0.2) is 25.5 Å². The Balaban J connectivity index is 1.93. The number of ether oxygens (including phenoxy) is 1. The van der Waals surface area contributed by atoms with E-state index in [0.717, 1.165) is 11.3 Å². The standard InChI is InChI=1S/C19H20N2O3/c1-3-20-19(23)15-7-9-16(10-8-15)21-18(22)13-6-14-4-11-17(24-2)12-5-14/h4-13H,3H2,1-2H3,(H,20,23)(H,21,22)/b13-6+. The van der Waals surface area contributed by atoms with Crippen molar-refractivity contribution in [2.24, 2.45) is 0 Å². The average molecular weight is 324 g/mol. The van der Waals surface area contributed by atoms with Crippen molar-refractivity contribution in [3.63, 3.8) is 0 Å². The normalized spacial score (nSPS) is 10.4. The van der Waals surface area contributed by atoms with Gasteiger partial charge in [-0.2, -0.15) is 0 Å². The van der Waals surface area contributed by atoms with Crippen molar-refractivity contribution in [3.05, 3.63) is 65.7 Å². The topological polar surface area (TPSA) is 67.4 Å². The molecule has 0 spiro atoms. The zero-order valence-electron chi connectivity index (χ0n) is 13.7. The summed E-state index contributed by atoms with van der Waals surface area (Å²) < 4.78 is 5.08. The molecule has 0 heterocycles. The third kappa shape index (κ3) is 4.98. The fourth-order valence-electron chi connectivity index (χ4n) is 2.04. The van der Waals surface area contributed by atoms with Gasteiger partial charge in [0, 0.05) is 23.9 Å². The van der Waals surface area contributed by atoms with Gasteiger partial charge in [0.2, 0.25) is 5.91 Å². The molecule has 0 bridgehead atoms. The number of rotatable bonds is 6. The van der Waals surface area contributed by atoms with E-state index in [9.17, 15) is 9.59 Å². The Kier molecular flexibility index (Phi) is 6.14. The maximum Gasteiger partial charge on any atom is 0.251 e. The molecule has 0 saturated carbocycles. The van der Waals surface area contributed by atoms with Gasteiger partial charge in [-0.1, -0.05) is 12.1 Å². The summed E-state index contributed by atoms with van der Waals surface area (Å²) in [6.07, 6.45) is 3.18. The molecular formula is C19H20N2O3. The molecule has 2 N–H and O–H groups in total. The molecule has 0 aliphatic heterocycles. The van der Waals surface area contributed by atoms with Crippen LogP contribution in [0.15, 0.2) is 54.6 Å². The van der Waals surface area contributed by atoms with E-state index in [-0.39, 0.29) is 11.8 Å². The fraction of sp³-hybridized carbons (Fsp3) is 0.158. The van der Waals surface area contributed by atoms with E-state index >= 15 is 0 Å². The van der Waals surface area contributed by atoms with Gasteiger partial charge < -0.3 is 15.4 Å². The van der Waals surface area contributed by atoms with Crippen molar-refractivity contribution in [1.82, 2.24) is 5.32 Å². The molecule has 2 aromatic rings. The van der Waals surface area contributed by atoms with Crippen molar-refractivity contribution in [2.75, 3.05) is 19.0 Å². The number of carbonyl (C=O) groups excluding carboxylic acids is 2. The van der Waals surface area contributed by atoms with Crippen LogP contribution in [-0.2, 0) is 4.79 Å². The number of benzene rings is 2. The van der Waals surface area contributed by atoms with E-state index in [2.05, 4.69) is 10.6 Å². The molecule has 5 nitrogen and oxygen atoms in total. The number of carbonyl (C=O) groups is 2. The molecule has 2 rings (SSSR count). The maximum absolute atomic E-state index is 11.9. The van der Waals surface area contributed by atoms with Crippen molar-refractivity contribution in [3.8, 4) is 5.75 Å². The van der Waals surface area contributed by atoms with Crippen LogP contribution in [0.3, 0.4) is 0 Å². The Hall–Kier alpha value is -3.08. The summed E-state index contributed by atoms with van der Waals surface area (Å²) in [5.74, 6) is 0.398. The summed E-state index contributed by atoms with van der Waals surface area (Å²) >= 11 is 0. The van der Waals surface area contributed by atoms with Crippen LogP contribution >= 0.6 is 0 Å². The highest BCUT2D eigenvalue weighted by molar-refractivity contribution is 6.02. The lowest BCUT2D eigenvalue weighted by atomic mass is 10.2. The van der Waals surface area contributed by atoms with E-state index in [1.165, 1.54) is 6.08 Å². The molecular weight excluding hydrogens is 304 g/mol. The molecule has 0 aliphatic carbocycles. The number of amides is 2. The second-order valence-corrected chi connectivity index (χ2v) is 5.03. The molecule has 5 heteroatoms.